The Hall–Kier alpha value is -4.34. The van der Waals surface area contributed by atoms with Crippen molar-refractivity contribution in [1.29, 1.82) is 0 Å². The van der Waals surface area contributed by atoms with E-state index in [0.717, 1.165) is 82.1 Å². The van der Waals surface area contributed by atoms with Crippen LogP contribution in [0, 0.1) is 6.92 Å². The number of hydrogen-bond acceptors (Lipinski definition) is 8. The van der Waals surface area contributed by atoms with Crippen LogP contribution in [0.1, 0.15) is 79.5 Å². The lowest BCUT2D eigenvalue weighted by Gasteiger charge is -2.40. The van der Waals surface area contributed by atoms with Gasteiger partial charge in [-0.15, -0.1) is 0 Å². The number of likely N-dealkylation sites (tertiary alicyclic amines) is 1. The van der Waals surface area contributed by atoms with Gasteiger partial charge in [-0.05, 0) is 112 Å². The van der Waals surface area contributed by atoms with Crippen molar-refractivity contribution >= 4 is 33.7 Å². The molecule has 48 heavy (non-hydrogen) atoms. The molecule has 0 spiro atoms. The Bertz CT molecular complexity index is 1850. The first-order valence-corrected chi connectivity index (χ1v) is 16.8. The van der Waals surface area contributed by atoms with Crippen LogP contribution in [-0.2, 0) is 20.8 Å². The van der Waals surface area contributed by atoms with E-state index in [1.54, 1.807) is 17.9 Å². The van der Waals surface area contributed by atoms with Crippen LogP contribution in [0.15, 0.2) is 60.8 Å². The largest absolute Gasteiger partial charge is 0.496 e. The standard InChI is InChI=1S/C39H46N2O7/c1-25-21-35(44-5)33(30-16-18-41(36(25)30)38(43)48-39(2,3)4)24-40-17-15-27-23-34(40)29-13-14-31(37(42)45-6)28-12-11-26(22-32(28)29)46-19-9-7-8-10-20-47-27/h8,10-14,16,18,21-22,27,34H,7,9,15,17,19-20,23-24H2,1-6H3/b10-8+/t27-,34-/m1/s1. The maximum atomic E-state index is 13.3. The second-order valence-electron chi connectivity index (χ2n) is 13.6. The van der Waals surface area contributed by atoms with Gasteiger partial charge in [0.1, 0.15) is 17.1 Å². The van der Waals surface area contributed by atoms with Gasteiger partial charge in [-0.2, -0.15) is 0 Å². The number of methoxy groups -OCH3 is 2. The molecule has 0 N–H and O–H groups in total. The predicted octanol–water partition coefficient (Wildman–Crippen LogP) is 8.13. The Labute approximate surface area is 282 Å². The molecule has 9 heteroatoms. The number of carbonyl (C=O) groups excluding carboxylic acids is 2. The number of ether oxygens (including phenoxy) is 5. The van der Waals surface area contributed by atoms with Crippen molar-refractivity contribution in [2.45, 2.75) is 77.7 Å². The molecule has 4 aromatic rings. The number of aryl methyl sites for hydroxylation is 1. The molecule has 2 aliphatic heterocycles. The summed E-state index contributed by atoms with van der Waals surface area (Å²) in [6, 6.07) is 13.8. The molecule has 2 aliphatic rings. The fraction of sp³-hybridized carbons (Fsp3) is 0.436. The first-order chi connectivity index (χ1) is 23.1. The highest BCUT2D eigenvalue weighted by Crippen LogP contribution is 2.42. The Kier molecular flexibility index (Phi) is 9.80. The molecule has 0 amide bonds. The topological polar surface area (TPSA) is 88.5 Å². The third-order valence-electron chi connectivity index (χ3n) is 9.23. The van der Waals surface area contributed by atoms with Crippen molar-refractivity contribution in [3.05, 3.63) is 83.1 Å². The van der Waals surface area contributed by atoms with Gasteiger partial charge in [0.05, 0.1) is 44.6 Å². The van der Waals surface area contributed by atoms with Crippen LogP contribution in [-0.4, -0.2) is 67.2 Å². The van der Waals surface area contributed by atoms with Gasteiger partial charge >= 0.3 is 12.1 Å². The zero-order chi connectivity index (χ0) is 34.0. The Morgan fingerprint density at radius 3 is 2.60 bits per heavy atom. The molecule has 0 saturated carbocycles. The average molecular weight is 655 g/mol. The number of hydrogen-bond donors (Lipinski definition) is 0. The molecular weight excluding hydrogens is 608 g/mol. The van der Waals surface area contributed by atoms with E-state index in [0.29, 0.717) is 25.3 Å². The number of allylic oxidation sites excluding steroid dienone is 1. The van der Waals surface area contributed by atoms with E-state index in [9.17, 15) is 9.59 Å². The number of aromatic nitrogens is 1. The van der Waals surface area contributed by atoms with E-state index in [2.05, 4.69) is 29.2 Å². The van der Waals surface area contributed by atoms with Gasteiger partial charge in [-0.3, -0.25) is 9.47 Å². The van der Waals surface area contributed by atoms with Gasteiger partial charge in [-0.1, -0.05) is 18.2 Å². The molecule has 0 unspecified atom stereocenters. The minimum absolute atomic E-state index is 0.0451. The number of benzene rings is 3. The number of nitrogens with zero attached hydrogens (tertiary/aromatic N) is 2. The molecule has 0 radical (unpaired) electrons. The summed E-state index contributed by atoms with van der Waals surface area (Å²) in [5, 5.41) is 2.72. The summed E-state index contributed by atoms with van der Waals surface area (Å²) in [6.07, 6.45) is 9.14. The van der Waals surface area contributed by atoms with Crippen molar-refractivity contribution in [2.75, 3.05) is 34.0 Å². The van der Waals surface area contributed by atoms with Gasteiger partial charge in [0.25, 0.3) is 0 Å². The summed E-state index contributed by atoms with van der Waals surface area (Å²) in [6.45, 7) is 10.1. The second-order valence-corrected chi connectivity index (χ2v) is 13.6. The zero-order valence-electron chi connectivity index (χ0n) is 28.8. The van der Waals surface area contributed by atoms with Crippen LogP contribution in [0.4, 0.5) is 4.79 Å². The lowest BCUT2D eigenvalue weighted by atomic mass is 9.88. The lowest BCUT2D eigenvalue weighted by Crippen LogP contribution is -2.39. The van der Waals surface area contributed by atoms with Gasteiger partial charge < -0.3 is 23.7 Å². The van der Waals surface area contributed by atoms with Gasteiger partial charge in [0.15, 0.2) is 0 Å². The molecule has 3 aromatic carbocycles. The van der Waals surface area contributed by atoms with Gasteiger partial charge in [-0.25, -0.2) is 9.59 Å². The molecule has 1 aromatic heterocycles. The van der Waals surface area contributed by atoms with Crippen molar-refractivity contribution in [2.24, 2.45) is 0 Å². The van der Waals surface area contributed by atoms with Crippen LogP contribution in [0.5, 0.6) is 11.5 Å². The normalized spacial score (nSPS) is 19.7. The molecule has 3 heterocycles. The van der Waals surface area contributed by atoms with E-state index in [1.807, 2.05) is 58.0 Å². The monoisotopic (exact) mass is 654 g/mol. The second kappa shape index (κ2) is 14.0. The summed E-state index contributed by atoms with van der Waals surface area (Å²) in [4.78, 5) is 28.6. The van der Waals surface area contributed by atoms with Crippen molar-refractivity contribution in [3.8, 4) is 11.5 Å². The van der Waals surface area contributed by atoms with Crippen LogP contribution in [0.25, 0.3) is 21.7 Å². The summed E-state index contributed by atoms with van der Waals surface area (Å²) < 4.78 is 31.1. The van der Waals surface area contributed by atoms with Crippen molar-refractivity contribution in [3.63, 3.8) is 0 Å². The first-order valence-electron chi connectivity index (χ1n) is 16.8. The first kappa shape index (κ1) is 33.6. The number of rotatable bonds is 4. The molecule has 1 fully saturated rings. The molecule has 0 aliphatic carbocycles. The van der Waals surface area contributed by atoms with E-state index in [1.165, 1.54) is 7.11 Å². The van der Waals surface area contributed by atoms with E-state index >= 15 is 0 Å². The highest BCUT2D eigenvalue weighted by molar-refractivity contribution is 6.06. The highest BCUT2D eigenvalue weighted by atomic mass is 16.6. The Morgan fingerprint density at radius 1 is 1.00 bits per heavy atom. The van der Waals surface area contributed by atoms with Crippen molar-refractivity contribution < 1.29 is 33.3 Å². The van der Waals surface area contributed by atoms with Crippen molar-refractivity contribution in [1.82, 2.24) is 9.47 Å². The summed E-state index contributed by atoms with van der Waals surface area (Å²) in [5.74, 6) is 1.16. The summed E-state index contributed by atoms with van der Waals surface area (Å²) in [5.41, 5.74) is 3.72. The molecule has 2 atom stereocenters. The maximum Gasteiger partial charge on any atom is 0.419 e. The minimum Gasteiger partial charge on any atom is -0.496 e. The molecule has 4 bridgehead atoms. The van der Waals surface area contributed by atoms with E-state index in [4.69, 9.17) is 23.7 Å². The molecule has 254 valence electrons. The number of piperidine rings is 1. The average Bonchev–Trinajstić information content (AvgIpc) is 3.52. The van der Waals surface area contributed by atoms with E-state index in [-0.39, 0.29) is 18.1 Å². The SMILES string of the molecule is COC(=O)c1ccc2c3cc(ccc13)OCCC/C=C/CO[C@@H]1CCN(Cc3c(OC)cc(C)c4c3ccn4C(=O)OC(C)(C)C)[C@@H]2C1. The van der Waals surface area contributed by atoms with Gasteiger partial charge in [0.2, 0.25) is 0 Å². The summed E-state index contributed by atoms with van der Waals surface area (Å²) >= 11 is 0. The number of esters is 1. The lowest BCUT2D eigenvalue weighted by molar-refractivity contribution is -0.00745. The van der Waals surface area contributed by atoms with Gasteiger partial charge in [0, 0.05) is 36.3 Å². The molecule has 1 saturated heterocycles. The smallest absolute Gasteiger partial charge is 0.419 e. The van der Waals surface area contributed by atoms with Crippen LogP contribution in [0.2, 0.25) is 0 Å². The van der Waals surface area contributed by atoms with E-state index < -0.39 is 11.7 Å². The summed E-state index contributed by atoms with van der Waals surface area (Å²) in [7, 11) is 3.10. The fourth-order valence-corrected chi connectivity index (χ4v) is 7.01. The van der Waals surface area contributed by atoms with Crippen LogP contribution >= 0.6 is 0 Å². The number of fused-ring (bicyclic) bond motifs is 5. The highest BCUT2D eigenvalue weighted by Gasteiger charge is 2.33. The Balaban J connectivity index is 1.46. The molecule has 6 rings (SSSR count). The third-order valence-corrected chi connectivity index (χ3v) is 9.23. The zero-order valence-corrected chi connectivity index (χ0v) is 28.8. The predicted molar refractivity (Wildman–Crippen MR) is 186 cm³/mol. The molecule has 9 nitrogen and oxygen atoms in total. The van der Waals surface area contributed by atoms with Crippen LogP contribution < -0.4 is 9.47 Å². The molecular formula is C39H46N2O7. The quantitative estimate of drug-likeness (QED) is 0.161. The minimum atomic E-state index is -0.624. The van der Waals surface area contributed by atoms with Crippen LogP contribution in [0.3, 0.4) is 0 Å². The maximum absolute atomic E-state index is 13.3. The third kappa shape index (κ3) is 6.93. The number of carbonyl (C=O) groups is 2. The fourth-order valence-electron chi connectivity index (χ4n) is 7.01. The Morgan fingerprint density at radius 2 is 1.83 bits per heavy atom.